The van der Waals surface area contributed by atoms with Crippen LogP contribution in [0.3, 0.4) is 0 Å². The highest BCUT2D eigenvalue weighted by atomic mass is 16.1. The zero-order valence-electron chi connectivity index (χ0n) is 8.27. The molecule has 0 radical (unpaired) electrons. The van der Waals surface area contributed by atoms with Gasteiger partial charge in [0.05, 0.1) is 5.57 Å². The first-order chi connectivity index (χ1) is 7.29. The fourth-order valence-corrected chi connectivity index (χ4v) is 1.61. The molecule has 1 aromatic heterocycles. The van der Waals surface area contributed by atoms with Crippen LogP contribution < -0.4 is 0 Å². The Balaban J connectivity index is 2.29. The maximum Gasteiger partial charge on any atom is 0.214 e. The summed E-state index contributed by atoms with van der Waals surface area (Å²) in [5, 5.41) is 0. The van der Waals surface area contributed by atoms with Gasteiger partial charge in [0, 0.05) is 12.6 Å². The molecule has 0 amide bonds. The summed E-state index contributed by atoms with van der Waals surface area (Å²) >= 11 is 0. The number of carbonyl (C=O) groups excluding carboxylic acids is 2. The monoisotopic (exact) mass is 201 g/mol. The molecule has 1 aliphatic rings. The molecule has 0 aliphatic heterocycles. The largest absolute Gasteiger partial charge is 0.294 e. The van der Waals surface area contributed by atoms with Gasteiger partial charge in [0.1, 0.15) is 5.69 Å². The van der Waals surface area contributed by atoms with Crippen molar-refractivity contribution in [3.05, 3.63) is 41.7 Å². The summed E-state index contributed by atoms with van der Waals surface area (Å²) in [5.74, 6) is -0.308. The van der Waals surface area contributed by atoms with E-state index in [1.165, 1.54) is 0 Å². The quantitative estimate of drug-likeness (QED) is 0.542. The van der Waals surface area contributed by atoms with Crippen LogP contribution in [0, 0.1) is 0 Å². The fourth-order valence-electron chi connectivity index (χ4n) is 1.61. The van der Waals surface area contributed by atoms with Gasteiger partial charge in [-0.2, -0.15) is 0 Å². The van der Waals surface area contributed by atoms with Crippen molar-refractivity contribution in [1.29, 1.82) is 0 Å². The van der Waals surface area contributed by atoms with Gasteiger partial charge >= 0.3 is 0 Å². The summed E-state index contributed by atoms with van der Waals surface area (Å²) in [6.07, 6.45) is 5.41. The molecule has 0 N–H and O–H groups in total. The van der Waals surface area contributed by atoms with Crippen molar-refractivity contribution >= 4 is 11.6 Å². The number of hydrogen-bond donors (Lipinski definition) is 0. The summed E-state index contributed by atoms with van der Waals surface area (Å²) < 4.78 is 0. The molecule has 0 bridgehead atoms. The molecule has 0 saturated carbocycles. The zero-order chi connectivity index (χ0) is 10.7. The van der Waals surface area contributed by atoms with E-state index >= 15 is 0 Å². The van der Waals surface area contributed by atoms with Crippen LogP contribution in [0.2, 0.25) is 0 Å². The van der Waals surface area contributed by atoms with Crippen molar-refractivity contribution in [2.45, 2.75) is 19.3 Å². The molecule has 0 saturated heterocycles. The van der Waals surface area contributed by atoms with E-state index in [9.17, 15) is 9.59 Å². The minimum atomic E-state index is -0.250. The second-order valence-corrected chi connectivity index (χ2v) is 3.48. The summed E-state index contributed by atoms with van der Waals surface area (Å²) in [6.45, 7) is 0. The van der Waals surface area contributed by atoms with Gasteiger partial charge in [0.25, 0.3) is 0 Å². The van der Waals surface area contributed by atoms with Gasteiger partial charge in [-0.05, 0) is 25.0 Å². The number of pyridine rings is 1. The van der Waals surface area contributed by atoms with Crippen molar-refractivity contribution in [2.75, 3.05) is 0 Å². The minimum Gasteiger partial charge on any atom is -0.294 e. The average molecular weight is 201 g/mol. The molecule has 1 aliphatic carbocycles. The fraction of sp³-hybridized carbons (Fsp3) is 0.250. The lowest BCUT2D eigenvalue weighted by Crippen LogP contribution is -2.16. The molecule has 76 valence electrons. The molecule has 3 heteroatoms. The van der Waals surface area contributed by atoms with E-state index in [1.54, 1.807) is 30.5 Å². The molecule has 0 aromatic carbocycles. The van der Waals surface area contributed by atoms with Gasteiger partial charge in [0.2, 0.25) is 5.78 Å². The highest BCUT2D eigenvalue weighted by Gasteiger charge is 2.22. The molecule has 0 unspecified atom stereocenters. The van der Waals surface area contributed by atoms with Crippen LogP contribution in [-0.2, 0) is 4.79 Å². The van der Waals surface area contributed by atoms with Gasteiger partial charge in [-0.3, -0.25) is 14.6 Å². The lowest BCUT2D eigenvalue weighted by molar-refractivity contribution is -0.115. The smallest absolute Gasteiger partial charge is 0.214 e. The maximum atomic E-state index is 11.9. The van der Waals surface area contributed by atoms with Gasteiger partial charge in [-0.1, -0.05) is 12.1 Å². The van der Waals surface area contributed by atoms with Gasteiger partial charge in [-0.25, -0.2) is 0 Å². The third-order valence-corrected chi connectivity index (χ3v) is 2.40. The number of ketones is 2. The van der Waals surface area contributed by atoms with E-state index < -0.39 is 0 Å². The first-order valence-electron chi connectivity index (χ1n) is 4.98. The van der Waals surface area contributed by atoms with E-state index in [-0.39, 0.29) is 11.6 Å². The van der Waals surface area contributed by atoms with Crippen LogP contribution in [0.4, 0.5) is 0 Å². The summed E-state index contributed by atoms with van der Waals surface area (Å²) in [6, 6.07) is 5.12. The van der Waals surface area contributed by atoms with E-state index in [2.05, 4.69) is 4.98 Å². The zero-order valence-corrected chi connectivity index (χ0v) is 8.27. The first-order valence-corrected chi connectivity index (χ1v) is 4.98. The third kappa shape index (κ3) is 2.01. The molecule has 0 atom stereocenters. The Morgan fingerprint density at radius 1 is 1.33 bits per heavy atom. The molecule has 2 rings (SSSR count). The summed E-state index contributed by atoms with van der Waals surface area (Å²) in [5.41, 5.74) is 0.652. The molecule has 15 heavy (non-hydrogen) atoms. The Morgan fingerprint density at radius 2 is 2.20 bits per heavy atom. The molecule has 0 fully saturated rings. The summed E-state index contributed by atoms with van der Waals surface area (Å²) in [7, 11) is 0. The Hall–Kier alpha value is -1.77. The van der Waals surface area contributed by atoms with E-state index in [0.717, 1.165) is 12.8 Å². The number of nitrogens with zero attached hydrogens (tertiary/aromatic N) is 1. The highest BCUT2D eigenvalue weighted by Crippen LogP contribution is 2.17. The molecule has 0 spiro atoms. The SMILES string of the molecule is O=C1CCCC=C1C(=O)c1ccccn1. The summed E-state index contributed by atoms with van der Waals surface area (Å²) in [4.78, 5) is 27.3. The highest BCUT2D eigenvalue weighted by molar-refractivity contribution is 6.25. The minimum absolute atomic E-state index is 0.0584. The van der Waals surface area contributed by atoms with Crippen LogP contribution in [0.1, 0.15) is 29.8 Å². The predicted octanol–water partition coefficient (Wildman–Crippen LogP) is 1.94. The predicted molar refractivity (Wildman–Crippen MR) is 55.5 cm³/mol. The number of allylic oxidation sites excluding steroid dienone is 2. The van der Waals surface area contributed by atoms with Crippen LogP contribution in [0.5, 0.6) is 0 Å². The second kappa shape index (κ2) is 4.17. The number of carbonyl (C=O) groups is 2. The lowest BCUT2D eigenvalue weighted by atomic mass is 9.94. The van der Waals surface area contributed by atoms with E-state index in [1.807, 2.05) is 0 Å². The van der Waals surface area contributed by atoms with Crippen LogP contribution >= 0.6 is 0 Å². The Kier molecular flexibility index (Phi) is 2.72. The lowest BCUT2D eigenvalue weighted by Gasteiger charge is -2.09. The number of Topliss-reactive ketones (excluding diaryl/α,β-unsaturated/α-hetero) is 2. The Labute approximate surface area is 87.8 Å². The van der Waals surface area contributed by atoms with Crippen LogP contribution in [-0.4, -0.2) is 16.6 Å². The van der Waals surface area contributed by atoms with Gasteiger partial charge in [0.15, 0.2) is 5.78 Å². The Morgan fingerprint density at radius 3 is 2.87 bits per heavy atom. The van der Waals surface area contributed by atoms with E-state index in [4.69, 9.17) is 0 Å². The normalized spacial score (nSPS) is 16.0. The third-order valence-electron chi connectivity index (χ3n) is 2.40. The Bertz CT molecular complexity index is 421. The number of aromatic nitrogens is 1. The van der Waals surface area contributed by atoms with Crippen molar-refractivity contribution in [3.63, 3.8) is 0 Å². The van der Waals surface area contributed by atoms with E-state index in [0.29, 0.717) is 17.7 Å². The van der Waals surface area contributed by atoms with Crippen molar-refractivity contribution in [2.24, 2.45) is 0 Å². The standard InChI is InChI=1S/C12H11NO2/c14-11-7-2-1-5-9(11)12(15)10-6-3-4-8-13-10/h3-6,8H,1-2,7H2. The second-order valence-electron chi connectivity index (χ2n) is 3.48. The van der Waals surface area contributed by atoms with Gasteiger partial charge < -0.3 is 0 Å². The van der Waals surface area contributed by atoms with Crippen molar-refractivity contribution in [3.8, 4) is 0 Å². The van der Waals surface area contributed by atoms with Crippen LogP contribution in [0.15, 0.2) is 36.0 Å². The van der Waals surface area contributed by atoms with Crippen LogP contribution in [0.25, 0.3) is 0 Å². The molecular formula is C12H11NO2. The molecule has 1 heterocycles. The van der Waals surface area contributed by atoms with Gasteiger partial charge in [-0.15, -0.1) is 0 Å². The average Bonchev–Trinajstić information content (AvgIpc) is 2.30. The molecular weight excluding hydrogens is 190 g/mol. The molecule has 3 nitrogen and oxygen atoms in total. The maximum absolute atomic E-state index is 11.9. The topological polar surface area (TPSA) is 47.0 Å². The first kappa shape index (κ1) is 9.77. The number of hydrogen-bond acceptors (Lipinski definition) is 3. The molecule has 1 aromatic rings. The van der Waals surface area contributed by atoms with Crippen molar-refractivity contribution in [1.82, 2.24) is 4.98 Å². The number of rotatable bonds is 2. The van der Waals surface area contributed by atoms with Crippen molar-refractivity contribution < 1.29 is 9.59 Å².